The second-order valence-corrected chi connectivity index (χ2v) is 11.6. The summed E-state index contributed by atoms with van der Waals surface area (Å²) in [5.41, 5.74) is 11.3. The van der Waals surface area contributed by atoms with Gasteiger partial charge in [-0.2, -0.15) is 0 Å². The van der Waals surface area contributed by atoms with Crippen molar-refractivity contribution in [2.75, 3.05) is 0 Å². The second-order valence-electron chi connectivity index (χ2n) is 10.6. The van der Waals surface area contributed by atoms with E-state index >= 15 is 0 Å². The highest BCUT2D eigenvalue weighted by atomic mass is 32.1. The van der Waals surface area contributed by atoms with E-state index in [1.165, 1.54) is 26.6 Å². The average Bonchev–Trinajstić information content (AvgIpc) is 3.52. The first-order valence-electron chi connectivity index (χ1n) is 14.2. The molecule has 0 amide bonds. The molecule has 0 saturated heterocycles. The molecule has 3 heterocycles. The van der Waals surface area contributed by atoms with Crippen molar-refractivity contribution in [2.24, 2.45) is 0 Å². The molecule has 43 heavy (non-hydrogen) atoms. The van der Waals surface area contributed by atoms with Gasteiger partial charge in [0.05, 0.1) is 10.2 Å². The van der Waals surface area contributed by atoms with Crippen molar-refractivity contribution in [1.82, 2.24) is 15.0 Å². The number of thiazole rings is 1. The van der Waals surface area contributed by atoms with Crippen LogP contribution in [-0.4, -0.2) is 15.0 Å². The zero-order valence-corrected chi connectivity index (χ0v) is 24.0. The van der Waals surface area contributed by atoms with Crippen LogP contribution in [0.4, 0.5) is 0 Å². The van der Waals surface area contributed by atoms with Gasteiger partial charge in [-0.3, -0.25) is 9.97 Å². The lowest BCUT2D eigenvalue weighted by Crippen LogP contribution is -1.87. The SMILES string of the molecule is c1cncc(-c2cc(-c3cccnc3)cc(-c3ccc4sc(-c5ccc(-c6cccc7ccccc67)cc5)nc4c3)c2)c1. The molecule has 202 valence electrons. The van der Waals surface area contributed by atoms with E-state index in [-0.39, 0.29) is 0 Å². The Kier molecular flexibility index (Phi) is 6.32. The molecular weight excluding hydrogens is 543 g/mol. The van der Waals surface area contributed by atoms with Gasteiger partial charge in [0, 0.05) is 41.5 Å². The van der Waals surface area contributed by atoms with Gasteiger partial charge in [-0.1, -0.05) is 84.9 Å². The van der Waals surface area contributed by atoms with E-state index in [2.05, 4.69) is 125 Å². The van der Waals surface area contributed by atoms with Crippen LogP contribution in [0.2, 0.25) is 0 Å². The highest BCUT2D eigenvalue weighted by Crippen LogP contribution is 2.37. The van der Waals surface area contributed by atoms with Crippen LogP contribution in [0.25, 0.3) is 76.1 Å². The van der Waals surface area contributed by atoms with Gasteiger partial charge >= 0.3 is 0 Å². The predicted octanol–water partition coefficient (Wildman–Crippen LogP) is 10.6. The molecule has 0 bridgehead atoms. The zero-order valence-electron chi connectivity index (χ0n) is 23.2. The summed E-state index contributed by atoms with van der Waals surface area (Å²) in [7, 11) is 0. The normalized spacial score (nSPS) is 11.3. The summed E-state index contributed by atoms with van der Waals surface area (Å²) in [5, 5.41) is 3.55. The maximum atomic E-state index is 5.08. The molecular formula is C39H25N3S. The van der Waals surface area contributed by atoms with E-state index in [4.69, 9.17) is 4.98 Å². The minimum atomic E-state index is 1.00. The summed E-state index contributed by atoms with van der Waals surface area (Å²) in [4.78, 5) is 13.8. The first-order chi connectivity index (χ1) is 21.3. The topological polar surface area (TPSA) is 38.7 Å². The van der Waals surface area contributed by atoms with Gasteiger partial charge in [0.1, 0.15) is 5.01 Å². The Hall–Kier alpha value is -5.45. The second kappa shape index (κ2) is 10.8. The van der Waals surface area contributed by atoms with Crippen molar-refractivity contribution in [3.05, 3.63) is 152 Å². The van der Waals surface area contributed by atoms with E-state index in [0.29, 0.717) is 0 Å². The third-order valence-electron chi connectivity index (χ3n) is 7.88. The van der Waals surface area contributed by atoms with Crippen molar-refractivity contribution >= 4 is 32.3 Å². The van der Waals surface area contributed by atoms with Gasteiger partial charge in [0.25, 0.3) is 0 Å². The van der Waals surface area contributed by atoms with Crippen molar-refractivity contribution in [2.45, 2.75) is 0 Å². The lowest BCUT2D eigenvalue weighted by Gasteiger charge is -2.11. The number of hydrogen-bond acceptors (Lipinski definition) is 4. The fourth-order valence-electron chi connectivity index (χ4n) is 5.69. The Labute approximate surface area is 253 Å². The maximum Gasteiger partial charge on any atom is 0.124 e. The maximum absolute atomic E-state index is 5.08. The molecule has 5 aromatic carbocycles. The number of benzene rings is 5. The summed E-state index contributed by atoms with van der Waals surface area (Å²) < 4.78 is 1.17. The van der Waals surface area contributed by atoms with Gasteiger partial charge in [0.15, 0.2) is 0 Å². The quantitative estimate of drug-likeness (QED) is 0.208. The number of nitrogens with zero attached hydrogens (tertiary/aromatic N) is 3. The molecule has 8 rings (SSSR count). The molecule has 8 aromatic rings. The van der Waals surface area contributed by atoms with Crippen molar-refractivity contribution < 1.29 is 0 Å². The molecule has 4 heteroatoms. The smallest absolute Gasteiger partial charge is 0.124 e. The number of rotatable bonds is 5. The third kappa shape index (κ3) is 4.88. The molecule has 0 saturated carbocycles. The molecule has 3 aromatic heterocycles. The van der Waals surface area contributed by atoms with Crippen LogP contribution in [0.15, 0.2) is 152 Å². The van der Waals surface area contributed by atoms with Crippen LogP contribution < -0.4 is 0 Å². The van der Waals surface area contributed by atoms with Crippen LogP contribution in [0, 0.1) is 0 Å². The van der Waals surface area contributed by atoms with Gasteiger partial charge in [-0.25, -0.2) is 4.98 Å². The Balaban J connectivity index is 1.16. The van der Waals surface area contributed by atoms with Crippen LogP contribution in [0.3, 0.4) is 0 Å². The van der Waals surface area contributed by atoms with Crippen LogP contribution >= 0.6 is 11.3 Å². The van der Waals surface area contributed by atoms with Gasteiger partial charge in [-0.15, -0.1) is 11.3 Å². The van der Waals surface area contributed by atoms with Gasteiger partial charge in [-0.05, 0) is 86.6 Å². The minimum absolute atomic E-state index is 1.00. The lowest BCUT2D eigenvalue weighted by atomic mass is 9.94. The summed E-state index contributed by atoms with van der Waals surface area (Å²) in [6, 6.07) is 45.2. The van der Waals surface area contributed by atoms with Crippen LogP contribution in [0.1, 0.15) is 0 Å². The fourth-order valence-corrected chi connectivity index (χ4v) is 6.65. The first-order valence-corrected chi connectivity index (χ1v) is 15.1. The van der Waals surface area contributed by atoms with Crippen molar-refractivity contribution in [3.8, 4) is 55.1 Å². The largest absolute Gasteiger partial charge is 0.264 e. The van der Waals surface area contributed by atoms with E-state index in [1.54, 1.807) is 23.7 Å². The number of aromatic nitrogens is 3. The molecule has 0 radical (unpaired) electrons. The molecule has 0 aliphatic rings. The molecule has 0 aliphatic heterocycles. The lowest BCUT2D eigenvalue weighted by molar-refractivity contribution is 1.32. The first kappa shape index (κ1) is 25.3. The van der Waals surface area contributed by atoms with E-state index < -0.39 is 0 Å². The Bertz CT molecular complexity index is 2160. The summed E-state index contributed by atoms with van der Waals surface area (Å²) in [6.45, 7) is 0. The monoisotopic (exact) mass is 567 g/mol. The molecule has 0 fully saturated rings. The fraction of sp³-hybridized carbons (Fsp3) is 0. The summed E-state index contributed by atoms with van der Waals surface area (Å²) in [6.07, 6.45) is 7.43. The van der Waals surface area contributed by atoms with Crippen molar-refractivity contribution in [3.63, 3.8) is 0 Å². The molecule has 0 aliphatic carbocycles. The van der Waals surface area contributed by atoms with E-state index in [0.717, 1.165) is 49.5 Å². The zero-order chi connectivity index (χ0) is 28.6. The Morgan fingerprint density at radius 1 is 0.442 bits per heavy atom. The number of fused-ring (bicyclic) bond motifs is 2. The predicted molar refractivity (Wildman–Crippen MR) is 180 cm³/mol. The molecule has 0 unspecified atom stereocenters. The van der Waals surface area contributed by atoms with E-state index in [9.17, 15) is 0 Å². The average molecular weight is 568 g/mol. The Morgan fingerprint density at radius 2 is 1.07 bits per heavy atom. The van der Waals surface area contributed by atoms with Crippen LogP contribution in [0.5, 0.6) is 0 Å². The molecule has 0 atom stereocenters. The summed E-state index contributed by atoms with van der Waals surface area (Å²) in [5.74, 6) is 0. The highest BCUT2D eigenvalue weighted by molar-refractivity contribution is 7.21. The highest BCUT2D eigenvalue weighted by Gasteiger charge is 2.12. The molecule has 0 spiro atoms. The standard InChI is InChI=1S/C39H25N3S/c1-2-10-35-26(6-1)7-3-11-36(35)27-12-14-28(15-13-27)39-42-37-23-29(16-17-38(37)43-39)32-20-33(30-8-4-18-40-24-30)22-34(21-32)31-9-5-19-41-25-31/h1-25H. The van der Waals surface area contributed by atoms with Gasteiger partial charge in [0.2, 0.25) is 0 Å². The molecule has 3 nitrogen and oxygen atoms in total. The minimum Gasteiger partial charge on any atom is -0.264 e. The van der Waals surface area contributed by atoms with Gasteiger partial charge < -0.3 is 0 Å². The summed E-state index contributed by atoms with van der Waals surface area (Å²) >= 11 is 1.73. The molecule has 0 N–H and O–H groups in total. The van der Waals surface area contributed by atoms with E-state index in [1.807, 2.05) is 24.5 Å². The number of hydrogen-bond donors (Lipinski definition) is 0. The van der Waals surface area contributed by atoms with Crippen molar-refractivity contribution in [1.29, 1.82) is 0 Å². The number of pyridine rings is 2. The van der Waals surface area contributed by atoms with Crippen LogP contribution in [-0.2, 0) is 0 Å². The Morgan fingerprint density at radius 3 is 1.77 bits per heavy atom. The third-order valence-corrected chi connectivity index (χ3v) is 8.96.